The van der Waals surface area contributed by atoms with E-state index in [0.29, 0.717) is 25.6 Å². The second-order valence-electron chi connectivity index (χ2n) is 5.56. The van der Waals surface area contributed by atoms with Crippen LogP contribution < -0.4 is 10.1 Å². The Bertz CT molecular complexity index is 708. The van der Waals surface area contributed by atoms with Gasteiger partial charge in [0.05, 0.1) is 13.2 Å². The van der Waals surface area contributed by atoms with Crippen molar-refractivity contribution < 1.29 is 18.7 Å². The number of nitrogens with one attached hydrogen (secondary N) is 1. The largest absolute Gasteiger partial charge is 0.475 e. The number of ether oxygens (including phenoxy) is 2. The molecule has 0 aliphatic carbocycles. The van der Waals surface area contributed by atoms with Crippen LogP contribution in [0.15, 0.2) is 36.5 Å². The van der Waals surface area contributed by atoms with Crippen LogP contribution >= 0.6 is 11.6 Å². The lowest BCUT2D eigenvalue weighted by molar-refractivity contribution is 0.143. The molecule has 0 atom stereocenters. The highest BCUT2D eigenvalue weighted by atomic mass is 35.5. The second-order valence-corrected chi connectivity index (χ2v) is 5.97. The van der Waals surface area contributed by atoms with Crippen molar-refractivity contribution in [3.8, 4) is 5.88 Å². The molecule has 0 saturated heterocycles. The fraction of sp³-hybridized carbons (Fsp3) is 0.333. The monoisotopic (exact) mass is 381 g/mol. The molecule has 0 fully saturated rings. The summed E-state index contributed by atoms with van der Waals surface area (Å²) in [5, 5.41) is 3.04. The fourth-order valence-electron chi connectivity index (χ4n) is 2.14. The van der Waals surface area contributed by atoms with Crippen molar-refractivity contribution in [2.45, 2.75) is 13.1 Å². The van der Waals surface area contributed by atoms with Gasteiger partial charge in [-0.05, 0) is 17.7 Å². The van der Waals surface area contributed by atoms with Crippen molar-refractivity contribution in [1.82, 2.24) is 15.2 Å². The Morgan fingerprint density at radius 1 is 1.31 bits per heavy atom. The summed E-state index contributed by atoms with van der Waals surface area (Å²) < 4.78 is 24.1. The second kappa shape index (κ2) is 9.94. The van der Waals surface area contributed by atoms with Gasteiger partial charge >= 0.3 is 6.03 Å². The molecule has 0 aliphatic heterocycles. The molecule has 0 aliphatic rings. The van der Waals surface area contributed by atoms with E-state index in [9.17, 15) is 9.18 Å². The summed E-state index contributed by atoms with van der Waals surface area (Å²) >= 11 is 5.99. The van der Waals surface area contributed by atoms with Crippen molar-refractivity contribution in [3.63, 3.8) is 0 Å². The van der Waals surface area contributed by atoms with Crippen LogP contribution in [0.4, 0.5) is 9.18 Å². The first-order valence-electron chi connectivity index (χ1n) is 7.99. The summed E-state index contributed by atoms with van der Waals surface area (Å²) in [5.74, 6) is 0.0499. The molecule has 1 aromatic carbocycles. The maximum absolute atomic E-state index is 13.8. The van der Waals surface area contributed by atoms with Gasteiger partial charge in [0.25, 0.3) is 0 Å². The van der Waals surface area contributed by atoms with Gasteiger partial charge in [0.1, 0.15) is 12.4 Å². The summed E-state index contributed by atoms with van der Waals surface area (Å²) in [6.45, 7) is 1.27. The number of halogens is 2. The van der Waals surface area contributed by atoms with Gasteiger partial charge in [-0.15, -0.1) is 0 Å². The van der Waals surface area contributed by atoms with Gasteiger partial charge < -0.3 is 19.7 Å². The highest BCUT2D eigenvalue weighted by molar-refractivity contribution is 6.31. The van der Waals surface area contributed by atoms with Crippen molar-refractivity contribution >= 4 is 17.6 Å². The molecule has 26 heavy (non-hydrogen) atoms. The van der Waals surface area contributed by atoms with Crippen LogP contribution in [-0.2, 0) is 17.8 Å². The first-order chi connectivity index (χ1) is 12.5. The number of methoxy groups -OCH3 is 1. The lowest BCUT2D eigenvalue weighted by Gasteiger charge is -2.19. The van der Waals surface area contributed by atoms with E-state index in [1.807, 2.05) is 6.07 Å². The molecule has 8 heteroatoms. The minimum absolute atomic E-state index is 0.0713. The van der Waals surface area contributed by atoms with E-state index in [-0.39, 0.29) is 23.2 Å². The van der Waals surface area contributed by atoms with E-state index in [2.05, 4.69) is 10.3 Å². The number of amides is 2. The van der Waals surface area contributed by atoms with E-state index in [1.165, 1.54) is 17.0 Å². The number of nitrogens with zero attached hydrogens (tertiary/aromatic N) is 2. The Morgan fingerprint density at radius 3 is 2.77 bits per heavy atom. The van der Waals surface area contributed by atoms with Crippen LogP contribution in [0.1, 0.15) is 11.1 Å². The van der Waals surface area contributed by atoms with Crippen LogP contribution in [0, 0.1) is 5.82 Å². The number of benzene rings is 1. The number of pyridine rings is 1. The van der Waals surface area contributed by atoms with Gasteiger partial charge in [0, 0.05) is 43.6 Å². The molecule has 1 heterocycles. The summed E-state index contributed by atoms with van der Waals surface area (Å²) in [6, 6.07) is 7.62. The number of carbonyl (C=O) groups is 1. The molecule has 1 N–H and O–H groups in total. The van der Waals surface area contributed by atoms with E-state index in [4.69, 9.17) is 21.1 Å². The molecule has 0 spiro atoms. The Morgan fingerprint density at radius 2 is 2.12 bits per heavy atom. The Balaban J connectivity index is 1.84. The van der Waals surface area contributed by atoms with Gasteiger partial charge in [0.15, 0.2) is 0 Å². The molecule has 140 valence electrons. The molecular formula is C18H21ClFN3O3. The molecule has 0 radical (unpaired) electrons. The number of hydrogen-bond acceptors (Lipinski definition) is 4. The van der Waals surface area contributed by atoms with Crippen molar-refractivity contribution in [1.29, 1.82) is 0 Å². The Labute approximate surface area is 156 Å². The van der Waals surface area contributed by atoms with Gasteiger partial charge in [-0.2, -0.15) is 0 Å². The smallest absolute Gasteiger partial charge is 0.317 e. The Hall–Kier alpha value is -2.38. The molecule has 2 aromatic rings. The minimum atomic E-state index is -0.439. The summed E-state index contributed by atoms with van der Waals surface area (Å²) in [5.41, 5.74) is 1.10. The maximum atomic E-state index is 13.8. The summed E-state index contributed by atoms with van der Waals surface area (Å²) in [4.78, 5) is 17.7. The molecule has 6 nitrogen and oxygen atoms in total. The number of carbonyl (C=O) groups excluding carboxylic acids is 1. The van der Waals surface area contributed by atoms with Crippen molar-refractivity contribution in [2.24, 2.45) is 0 Å². The van der Waals surface area contributed by atoms with Crippen LogP contribution in [-0.4, -0.2) is 43.3 Å². The first kappa shape index (κ1) is 19.9. The van der Waals surface area contributed by atoms with Crippen molar-refractivity contribution in [3.05, 3.63) is 58.5 Å². The quantitative estimate of drug-likeness (QED) is 0.713. The first-order valence-corrected chi connectivity index (χ1v) is 8.37. The number of rotatable bonds is 8. The van der Waals surface area contributed by atoms with Gasteiger partial charge in [-0.1, -0.05) is 23.7 Å². The highest BCUT2D eigenvalue weighted by Crippen LogP contribution is 2.20. The summed E-state index contributed by atoms with van der Waals surface area (Å²) in [6.07, 6.45) is 1.62. The zero-order valence-electron chi connectivity index (χ0n) is 14.7. The topological polar surface area (TPSA) is 63.7 Å². The molecule has 0 saturated carbocycles. The average molecular weight is 382 g/mol. The molecule has 2 rings (SSSR count). The van der Waals surface area contributed by atoms with Crippen LogP contribution in [0.5, 0.6) is 5.88 Å². The van der Waals surface area contributed by atoms with Gasteiger partial charge in [0.2, 0.25) is 5.88 Å². The zero-order chi connectivity index (χ0) is 18.9. The molecule has 1 aromatic heterocycles. The number of aromatic nitrogens is 1. The van der Waals surface area contributed by atoms with E-state index >= 15 is 0 Å². The van der Waals surface area contributed by atoms with Crippen LogP contribution in [0.3, 0.4) is 0 Å². The predicted octanol–water partition coefficient (Wildman–Crippen LogP) is 3.24. The number of urea groups is 1. The number of hydrogen-bond donors (Lipinski definition) is 1. The van der Waals surface area contributed by atoms with E-state index in [0.717, 1.165) is 5.56 Å². The molecule has 0 bridgehead atoms. The third-order valence-corrected chi connectivity index (χ3v) is 3.94. The zero-order valence-corrected chi connectivity index (χ0v) is 15.4. The Kier molecular flexibility index (Phi) is 7.62. The lowest BCUT2D eigenvalue weighted by Crippen LogP contribution is -2.36. The predicted molar refractivity (Wildman–Crippen MR) is 96.7 cm³/mol. The fourth-order valence-corrected chi connectivity index (χ4v) is 2.36. The van der Waals surface area contributed by atoms with Crippen LogP contribution in [0.2, 0.25) is 5.02 Å². The summed E-state index contributed by atoms with van der Waals surface area (Å²) in [7, 11) is 3.17. The normalized spacial score (nSPS) is 10.5. The minimum Gasteiger partial charge on any atom is -0.475 e. The third kappa shape index (κ3) is 5.86. The SMILES string of the molecule is COCCOc1ccc(CNC(=O)N(C)Cc2c(F)cccc2Cl)cn1. The molecule has 0 unspecified atom stereocenters. The lowest BCUT2D eigenvalue weighted by atomic mass is 10.2. The van der Waals surface area contributed by atoms with E-state index < -0.39 is 5.82 Å². The third-order valence-electron chi connectivity index (χ3n) is 3.58. The molecule has 2 amide bonds. The standard InChI is InChI=1S/C18H21ClFN3O3/c1-23(12-14-15(19)4-3-5-16(14)20)18(24)22-11-13-6-7-17(21-10-13)26-9-8-25-2/h3-7,10H,8-9,11-12H2,1-2H3,(H,22,24). The van der Waals surface area contributed by atoms with Crippen LogP contribution in [0.25, 0.3) is 0 Å². The van der Waals surface area contributed by atoms with Gasteiger partial charge in [-0.25, -0.2) is 14.2 Å². The highest BCUT2D eigenvalue weighted by Gasteiger charge is 2.14. The van der Waals surface area contributed by atoms with Crippen molar-refractivity contribution in [2.75, 3.05) is 27.4 Å². The average Bonchev–Trinajstić information content (AvgIpc) is 2.64. The van der Waals surface area contributed by atoms with Gasteiger partial charge in [-0.3, -0.25) is 0 Å². The maximum Gasteiger partial charge on any atom is 0.317 e. The molecular weight excluding hydrogens is 361 g/mol. The van der Waals surface area contributed by atoms with E-state index in [1.54, 1.807) is 32.5 Å².